The molecule has 3 aromatic carbocycles. The molecule has 1 aliphatic carbocycles. The predicted molar refractivity (Wildman–Crippen MR) is 111 cm³/mol. The molecule has 0 bridgehead atoms. The van der Waals surface area contributed by atoms with E-state index in [2.05, 4.69) is 22.1 Å². The third-order valence-corrected chi connectivity index (χ3v) is 4.92. The van der Waals surface area contributed by atoms with Gasteiger partial charge in [-0.25, -0.2) is 9.97 Å². The first-order valence-corrected chi connectivity index (χ1v) is 9.14. The Bertz CT molecular complexity index is 1230. The largest absolute Gasteiger partial charge is 0.491 e. The third kappa shape index (κ3) is 3.78. The summed E-state index contributed by atoms with van der Waals surface area (Å²) in [6.45, 7) is 0. The van der Waals surface area contributed by atoms with Crippen molar-refractivity contribution in [3.8, 4) is 0 Å². The molecule has 1 aliphatic rings. The predicted octanol–water partition coefficient (Wildman–Crippen LogP) is 1.85. The molecule has 5 rings (SSSR count). The second-order valence-corrected chi connectivity index (χ2v) is 6.84. The van der Waals surface area contributed by atoms with Gasteiger partial charge in [0.15, 0.2) is 5.78 Å². The van der Waals surface area contributed by atoms with Crippen molar-refractivity contribution >= 4 is 45.7 Å². The number of benzene rings is 3. The molecule has 29 heavy (non-hydrogen) atoms. The highest BCUT2D eigenvalue weighted by Gasteiger charge is 2.25. The van der Waals surface area contributed by atoms with Crippen LogP contribution < -0.4 is 5.46 Å². The first-order valence-electron chi connectivity index (χ1n) is 9.14. The smallest absolute Gasteiger partial charge is 0.423 e. The van der Waals surface area contributed by atoms with Crippen LogP contribution in [0.2, 0.25) is 0 Å². The van der Waals surface area contributed by atoms with Crippen molar-refractivity contribution in [2.75, 3.05) is 0 Å². The zero-order chi connectivity index (χ0) is 20.4. The van der Waals surface area contributed by atoms with Crippen molar-refractivity contribution in [1.29, 1.82) is 0 Å². The Kier molecular flexibility index (Phi) is 5.16. The number of hydrogen-bond acceptors (Lipinski definition) is 6. The lowest BCUT2D eigenvalue weighted by Gasteiger charge is -2.17. The molecule has 6 nitrogen and oxygen atoms in total. The van der Waals surface area contributed by atoms with Gasteiger partial charge in [-0.15, -0.1) is 0 Å². The first-order chi connectivity index (χ1) is 14.0. The fraction of sp³-hybridized carbons (Fsp3) is 0.0909. The highest BCUT2D eigenvalue weighted by Crippen LogP contribution is 2.32. The van der Waals surface area contributed by atoms with Gasteiger partial charge in [0, 0.05) is 29.8 Å². The molecule has 0 amide bonds. The van der Waals surface area contributed by atoms with Gasteiger partial charge in [-0.2, -0.15) is 0 Å². The fourth-order valence-corrected chi connectivity index (χ4v) is 3.60. The molecule has 0 spiro atoms. The summed E-state index contributed by atoms with van der Waals surface area (Å²) >= 11 is 0. The molecule has 0 unspecified atom stereocenters. The second-order valence-electron chi connectivity index (χ2n) is 6.84. The molecule has 7 heteroatoms. The maximum atomic E-state index is 12.2. The van der Waals surface area contributed by atoms with Gasteiger partial charge in [0.25, 0.3) is 0 Å². The summed E-state index contributed by atoms with van der Waals surface area (Å²) in [5.41, 5.74) is 1.92. The third-order valence-electron chi connectivity index (χ3n) is 4.92. The van der Waals surface area contributed by atoms with Gasteiger partial charge in [-0.1, -0.05) is 48.5 Å². The van der Waals surface area contributed by atoms with E-state index in [0.717, 1.165) is 27.3 Å². The Labute approximate surface area is 167 Å². The van der Waals surface area contributed by atoms with Crippen molar-refractivity contribution in [3.05, 3.63) is 78.4 Å². The van der Waals surface area contributed by atoms with Crippen LogP contribution in [0.15, 0.2) is 67.3 Å². The zero-order valence-corrected chi connectivity index (χ0v) is 15.4. The lowest BCUT2D eigenvalue weighted by atomic mass is 9.83. The van der Waals surface area contributed by atoms with Crippen molar-refractivity contribution < 1.29 is 19.6 Å². The quantitative estimate of drug-likeness (QED) is 0.295. The number of aromatic nitrogens is 2. The fourth-order valence-electron chi connectivity index (χ4n) is 3.60. The minimum absolute atomic E-state index is 0.0163. The lowest BCUT2D eigenvalue weighted by molar-refractivity contribution is -0.117. The summed E-state index contributed by atoms with van der Waals surface area (Å²) in [7, 11) is -1.47. The number of hydrogen-bond donors (Lipinski definition) is 2. The molecule has 1 aromatic heterocycles. The van der Waals surface area contributed by atoms with Gasteiger partial charge >= 0.3 is 7.12 Å². The van der Waals surface area contributed by atoms with E-state index in [0.29, 0.717) is 11.9 Å². The number of rotatable bonds is 1. The van der Waals surface area contributed by atoms with Crippen LogP contribution >= 0.6 is 0 Å². The Balaban J connectivity index is 0.000000192. The van der Waals surface area contributed by atoms with Crippen molar-refractivity contribution in [1.82, 2.24) is 9.97 Å². The minimum atomic E-state index is -1.47. The molecule has 4 aromatic rings. The number of nitrogens with zero attached hydrogens (tertiary/aromatic N) is 2. The maximum Gasteiger partial charge on any atom is 0.491 e. The van der Waals surface area contributed by atoms with Gasteiger partial charge in [-0.05, 0) is 27.1 Å². The van der Waals surface area contributed by atoms with E-state index in [1.807, 2.05) is 36.4 Å². The average Bonchev–Trinajstić information content (AvgIpc) is 2.74. The van der Waals surface area contributed by atoms with Crippen molar-refractivity contribution in [2.24, 2.45) is 0 Å². The van der Waals surface area contributed by atoms with Gasteiger partial charge in [0.1, 0.15) is 12.1 Å². The Morgan fingerprint density at radius 3 is 2.24 bits per heavy atom. The van der Waals surface area contributed by atoms with Crippen LogP contribution in [0.5, 0.6) is 0 Å². The number of fused-ring (bicyclic) bond motifs is 5. The van der Waals surface area contributed by atoms with Crippen molar-refractivity contribution in [2.45, 2.75) is 12.8 Å². The first kappa shape index (κ1) is 18.9. The van der Waals surface area contributed by atoms with E-state index in [1.54, 1.807) is 0 Å². The van der Waals surface area contributed by atoms with E-state index >= 15 is 0 Å². The number of ketones is 2. The van der Waals surface area contributed by atoms with E-state index in [4.69, 9.17) is 10.0 Å². The Morgan fingerprint density at radius 2 is 1.52 bits per heavy atom. The average molecular weight is 384 g/mol. The van der Waals surface area contributed by atoms with Crippen LogP contribution in [0.25, 0.3) is 21.5 Å². The van der Waals surface area contributed by atoms with Gasteiger partial charge in [0.2, 0.25) is 0 Å². The Morgan fingerprint density at radius 1 is 0.793 bits per heavy atom. The highest BCUT2D eigenvalue weighted by molar-refractivity contribution is 6.58. The molecule has 0 radical (unpaired) electrons. The van der Waals surface area contributed by atoms with Crippen LogP contribution in [-0.2, 0) is 11.2 Å². The highest BCUT2D eigenvalue weighted by atomic mass is 16.4. The number of carbonyl (C=O) groups excluding carboxylic acids is 2. The van der Waals surface area contributed by atoms with Crippen LogP contribution in [0, 0.1) is 0 Å². The summed E-state index contributed by atoms with van der Waals surface area (Å²) in [4.78, 5) is 30.9. The zero-order valence-electron chi connectivity index (χ0n) is 15.4. The van der Waals surface area contributed by atoms with Gasteiger partial charge in [-0.3, -0.25) is 9.59 Å². The molecule has 0 atom stereocenters. The van der Waals surface area contributed by atoms with Crippen LogP contribution in [-0.4, -0.2) is 38.7 Å². The molecule has 142 valence electrons. The van der Waals surface area contributed by atoms with E-state index in [1.165, 1.54) is 24.1 Å². The number of carbonyl (C=O) groups is 2. The number of Topliss-reactive ketones (excluding diaryl/α,β-unsaturated/α-hetero) is 2. The normalized spacial score (nSPS) is 13.0. The summed E-state index contributed by atoms with van der Waals surface area (Å²) in [5, 5.41) is 21.4. The SMILES string of the molecule is O=C1CC(=O)c2c(ccc3c2ccc2ccccc23)C1.OB(O)c1cncnc1. The van der Waals surface area contributed by atoms with E-state index < -0.39 is 7.12 Å². The van der Waals surface area contributed by atoms with Crippen LogP contribution in [0.1, 0.15) is 22.3 Å². The molecular formula is C22H17BN2O4. The van der Waals surface area contributed by atoms with E-state index in [9.17, 15) is 9.59 Å². The lowest BCUT2D eigenvalue weighted by Crippen LogP contribution is -2.30. The van der Waals surface area contributed by atoms with Gasteiger partial charge in [0.05, 0.1) is 6.42 Å². The van der Waals surface area contributed by atoms with Crippen LogP contribution in [0.4, 0.5) is 0 Å². The van der Waals surface area contributed by atoms with Crippen LogP contribution in [0.3, 0.4) is 0 Å². The minimum Gasteiger partial charge on any atom is -0.423 e. The molecule has 0 saturated heterocycles. The summed E-state index contributed by atoms with van der Waals surface area (Å²) < 4.78 is 0. The Hall–Kier alpha value is -3.42. The molecule has 0 fully saturated rings. The topological polar surface area (TPSA) is 100 Å². The second kappa shape index (κ2) is 7.91. The maximum absolute atomic E-state index is 12.2. The molecular weight excluding hydrogens is 367 g/mol. The summed E-state index contributed by atoms with van der Waals surface area (Å²) in [5.74, 6) is -0.0280. The molecule has 1 heterocycles. The monoisotopic (exact) mass is 384 g/mol. The summed E-state index contributed by atoms with van der Waals surface area (Å²) in [6.07, 6.45) is 4.43. The molecule has 0 saturated carbocycles. The standard InChI is InChI=1S/C18H12O2.C4H5BN2O2/c19-13-9-12-6-7-15-14-4-2-1-3-11(14)5-8-16(15)18(12)17(20)10-13;8-5(9)4-1-6-3-7-2-4/h1-8H,9-10H2;1-3,8-9H. The van der Waals surface area contributed by atoms with Gasteiger partial charge < -0.3 is 10.0 Å². The molecule has 0 aliphatic heterocycles. The summed E-state index contributed by atoms with van der Waals surface area (Å²) in [6, 6.07) is 16.2. The molecule has 2 N–H and O–H groups in total. The van der Waals surface area contributed by atoms with E-state index in [-0.39, 0.29) is 18.0 Å². The van der Waals surface area contributed by atoms with Crippen molar-refractivity contribution in [3.63, 3.8) is 0 Å².